The zero-order chi connectivity index (χ0) is 16.2. The molecule has 2 rings (SSSR count). The van der Waals surface area contributed by atoms with E-state index in [9.17, 15) is 8.42 Å². The maximum atomic E-state index is 12.3. The molecule has 1 saturated heterocycles. The summed E-state index contributed by atoms with van der Waals surface area (Å²) in [6, 6.07) is 7.34. The largest absolute Gasteiger partial charge is 0.379 e. The van der Waals surface area contributed by atoms with Crippen molar-refractivity contribution in [2.45, 2.75) is 6.04 Å². The van der Waals surface area contributed by atoms with E-state index >= 15 is 0 Å². The molecular weight excluding hydrogens is 326 g/mol. The number of likely N-dealkylation sites (N-methyl/N-ethyl adjacent to an activating group) is 1. The third-order valence-corrected chi connectivity index (χ3v) is 5.58. The van der Waals surface area contributed by atoms with E-state index in [-0.39, 0.29) is 12.6 Å². The summed E-state index contributed by atoms with van der Waals surface area (Å²) in [6.45, 7) is 1.89. The summed E-state index contributed by atoms with van der Waals surface area (Å²) in [5.74, 6) is 0. The number of nitrogens with one attached hydrogen (secondary N) is 1. The topological polar surface area (TPSA) is 61.9 Å². The lowest BCUT2D eigenvalue weighted by molar-refractivity contribution is 0.0724. The Kier molecular flexibility index (Phi) is 6.19. The van der Waals surface area contributed by atoms with Gasteiger partial charge in [0.05, 0.1) is 13.2 Å². The summed E-state index contributed by atoms with van der Waals surface area (Å²) < 4.78 is 33.9. The van der Waals surface area contributed by atoms with Crippen LogP contribution in [0.2, 0.25) is 5.02 Å². The summed E-state index contributed by atoms with van der Waals surface area (Å²) in [7, 11) is 0.300. The number of rotatable bonds is 6. The Morgan fingerprint density at radius 1 is 1.32 bits per heavy atom. The Hall–Kier alpha value is -0.700. The van der Waals surface area contributed by atoms with Gasteiger partial charge in [-0.25, -0.2) is 4.72 Å². The van der Waals surface area contributed by atoms with E-state index in [0.29, 0.717) is 31.3 Å². The van der Waals surface area contributed by atoms with Crippen LogP contribution in [-0.2, 0) is 14.9 Å². The number of hydrogen-bond donors (Lipinski definition) is 1. The van der Waals surface area contributed by atoms with E-state index in [0.717, 1.165) is 5.56 Å². The number of benzene rings is 1. The Bertz CT molecular complexity index is 589. The minimum absolute atomic E-state index is 0.135. The molecule has 0 aliphatic carbocycles. The smallest absolute Gasteiger partial charge is 0.279 e. The summed E-state index contributed by atoms with van der Waals surface area (Å²) >= 11 is 6.23. The van der Waals surface area contributed by atoms with Crippen molar-refractivity contribution >= 4 is 21.8 Å². The lowest BCUT2D eigenvalue weighted by Crippen LogP contribution is -2.48. The van der Waals surface area contributed by atoms with Crippen LogP contribution in [0, 0.1) is 0 Å². The van der Waals surface area contributed by atoms with Gasteiger partial charge in [-0.05, 0) is 25.7 Å². The van der Waals surface area contributed by atoms with Crippen LogP contribution >= 0.6 is 11.6 Å². The molecule has 124 valence electrons. The van der Waals surface area contributed by atoms with E-state index in [2.05, 4.69) is 4.72 Å². The minimum Gasteiger partial charge on any atom is -0.379 e. The number of ether oxygens (including phenoxy) is 1. The molecule has 1 fully saturated rings. The van der Waals surface area contributed by atoms with Crippen LogP contribution in [0.15, 0.2) is 24.3 Å². The van der Waals surface area contributed by atoms with E-state index < -0.39 is 10.2 Å². The summed E-state index contributed by atoms with van der Waals surface area (Å²) in [6.07, 6.45) is 0. The third-order valence-electron chi connectivity index (χ3n) is 3.66. The summed E-state index contributed by atoms with van der Waals surface area (Å²) in [5.41, 5.74) is 0.902. The van der Waals surface area contributed by atoms with E-state index in [1.165, 1.54) is 4.31 Å². The zero-order valence-electron chi connectivity index (χ0n) is 12.8. The molecule has 22 heavy (non-hydrogen) atoms. The van der Waals surface area contributed by atoms with Gasteiger partial charge in [0.15, 0.2) is 0 Å². The van der Waals surface area contributed by atoms with Gasteiger partial charge in [0, 0.05) is 30.7 Å². The van der Waals surface area contributed by atoms with Gasteiger partial charge in [-0.1, -0.05) is 29.8 Å². The van der Waals surface area contributed by atoms with Crippen molar-refractivity contribution in [1.82, 2.24) is 13.9 Å². The van der Waals surface area contributed by atoms with Gasteiger partial charge in [0.2, 0.25) is 0 Å². The van der Waals surface area contributed by atoms with Crippen molar-refractivity contribution in [3.05, 3.63) is 34.9 Å². The molecule has 1 aromatic carbocycles. The van der Waals surface area contributed by atoms with E-state index in [1.54, 1.807) is 0 Å². The predicted octanol–water partition coefficient (Wildman–Crippen LogP) is 1.11. The molecule has 1 atom stereocenters. The molecular formula is C14H22ClN3O3S. The number of halogens is 1. The Morgan fingerprint density at radius 3 is 2.55 bits per heavy atom. The highest BCUT2D eigenvalue weighted by Crippen LogP contribution is 2.25. The van der Waals surface area contributed by atoms with Crippen LogP contribution in [0.5, 0.6) is 0 Å². The molecule has 1 aliphatic rings. The van der Waals surface area contributed by atoms with Gasteiger partial charge in [0.1, 0.15) is 0 Å². The Labute approximate surface area is 137 Å². The lowest BCUT2D eigenvalue weighted by Gasteiger charge is -2.29. The maximum Gasteiger partial charge on any atom is 0.279 e. The van der Waals surface area contributed by atoms with Gasteiger partial charge >= 0.3 is 0 Å². The molecule has 0 aromatic heterocycles. The molecule has 1 aliphatic heterocycles. The average molecular weight is 348 g/mol. The maximum absolute atomic E-state index is 12.3. The first-order valence-electron chi connectivity index (χ1n) is 7.15. The van der Waals surface area contributed by atoms with Crippen LogP contribution in [0.4, 0.5) is 0 Å². The fraction of sp³-hybridized carbons (Fsp3) is 0.571. The lowest BCUT2D eigenvalue weighted by atomic mass is 10.1. The van der Waals surface area contributed by atoms with E-state index in [1.807, 2.05) is 43.3 Å². The zero-order valence-corrected chi connectivity index (χ0v) is 14.4. The normalized spacial score (nSPS) is 18.5. The monoisotopic (exact) mass is 347 g/mol. The highest BCUT2D eigenvalue weighted by atomic mass is 35.5. The molecule has 0 radical (unpaired) electrons. The second-order valence-electron chi connectivity index (χ2n) is 5.37. The molecule has 1 aromatic rings. The summed E-state index contributed by atoms with van der Waals surface area (Å²) in [5, 5.41) is 0.631. The standard InChI is InChI=1S/C14H22ClN3O3S/c1-17(2)14(12-5-3-4-6-13(12)15)11-16-22(19,20)18-7-9-21-10-8-18/h3-6,14,16H,7-11H2,1-2H3/t14-/m1/s1. The van der Waals surface area contributed by atoms with Gasteiger partial charge < -0.3 is 9.64 Å². The highest BCUT2D eigenvalue weighted by molar-refractivity contribution is 7.87. The first-order valence-corrected chi connectivity index (χ1v) is 8.97. The molecule has 1 N–H and O–H groups in total. The second-order valence-corrected chi connectivity index (χ2v) is 7.53. The Balaban J connectivity index is 2.07. The second kappa shape index (κ2) is 7.72. The number of nitrogens with zero attached hydrogens (tertiary/aromatic N) is 2. The number of morpholine rings is 1. The van der Waals surface area contributed by atoms with Crippen LogP contribution in [0.1, 0.15) is 11.6 Å². The molecule has 0 amide bonds. The van der Waals surface area contributed by atoms with Crippen molar-refractivity contribution < 1.29 is 13.2 Å². The summed E-state index contributed by atoms with van der Waals surface area (Å²) in [4.78, 5) is 1.95. The quantitative estimate of drug-likeness (QED) is 0.837. The van der Waals surface area contributed by atoms with Crippen molar-refractivity contribution in [2.75, 3.05) is 46.9 Å². The molecule has 0 saturated carbocycles. The molecule has 8 heteroatoms. The van der Waals surface area contributed by atoms with Gasteiger partial charge in [-0.2, -0.15) is 12.7 Å². The van der Waals surface area contributed by atoms with Crippen molar-refractivity contribution in [1.29, 1.82) is 0 Å². The molecule has 6 nitrogen and oxygen atoms in total. The van der Waals surface area contributed by atoms with Gasteiger partial charge in [0.25, 0.3) is 10.2 Å². The first-order chi connectivity index (χ1) is 10.4. The Morgan fingerprint density at radius 2 is 1.95 bits per heavy atom. The predicted molar refractivity (Wildman–Crippen MR) is 87.2 cm³/mol. The van der Waals surface area contributed by atoms with Crippen LogP contribution < -0.4 is 4.72 Å². The van der Waals surface area contributed by atoms with Crippen molar-refractivity contribution in [2.24, 2.45) is 0 Å². The fourth-order valence-corrected chi connectivity index (χ4v) is 3.82. The number of hydrogen-bond acceptors (Lipinski definition) is 4. The van der Waals surface area contributed by atoms with Gasteiger partial charge in [-0.3, -0.25) is 0 Å². The highest BCUT2D eigenvalue weighted by Gasteiger charge is 2.26. The third kappa shape index (κ3) is 4.41. The molecule has 0 bridgehead atoms. The minimum atomic E-state index is -3.50. The molecule has 0 unspecified atom stereocenters. The van der Waals surface area contributed by atoms with Crippen molar-refractivity contribution in [3.63, 3.8) is 0 Å². The van der Waals surface area contributed by atoms with Gasteiger partial charge in [-0.15, -0.1) is 0 Å². The fourth-order valence-electron chi connectivity index (χ4n) is 2.38. The van der Waals surface area contributed by atoms with Crippen molar-refractivity contribution in [3.8, 4) is 0 Å². The first kappa shape index (κ1) is 17.7. The SMILES string of the molecule is CN(C)[C@H](CNS(=O)(=O)N1CCOCC1)c1ccccc1Cl. The molecule has 1 heterocycles. The van der Waals surface area contributed by atoms with E-state index in [4.69, 9.17) is 16.3 Å². The van der Waals surface area contributed by atoms with Crippen LogP contribution in [-0.4, -0.2) is 64.6 Å². The average Bonchev–Trinajstić information content (AvgIpc) is 2.50. The van der Waals surface area contributed by atoms with Crippen LogP contribution in [0.3, 0.4) is 0 Å². The molecule has 0 spiro atoms. The van der Waals surface area contributed by atoms with Crippen LogP contribution in [0.25, 0.3) is 0 Å².